The van der Waals surface area contributed by atoms with Crippen LogP contribution in [0, 0.1) is 0 Å². The van der Waals surface area contributed by atoms with Crippen molar-refractivity contribution >= 4 is 52.2 Å². The Kier molecular flexibility index (Phi) is 7.14. The third kappa shape index (κ3) is 5.66. The molecule has 1 fully saturated rings. The maximum atomic E-state index is 12.3. The highest BCUT2D eigenvalue weighted by molar-refractivity contribution is 8.26. The number of hydrogen-bond donors (Lipinski definition) is 1. The van der Waals surface area contributed by atoms with Crippen molar-refractivity contribution in [3.8, 4) is 11.5 Å². The Morgan fingerprint density at radius 2 is 2.07 bits per heavy atom. The number of carboxylic acid groups (broad SMARTS) is 1. The van der Waals surface area contributed by atoms with Crippen LogP contribution in [0.3, 0.4) is 0 Å². The number of amides is 1. The van der Waals surface area contributed by atoms with Crippen LogP contribution >= 0.6 is 24.0 Å². The molecule has 1 aromatic rings. The van der Waals surface area contributed by atoms with Crippen LogP contribution in [-0.4, -0.2) is 45.8 Å². The maximum Gasteiger partial charge on any atom is 0.308 e. The van der Waals surface area contributed by atoms with Crippen molar-refractivity contribution in [2.24, 2.45) is 0 Å². The molecule has 0 bridgehead atoms. The van der Waals surface area contributed by atoms with Crippen molar-refractivity contribution in [3.63, 3.8) is 0 Å². The molecule has 27 heavy (non-hydrogen) atoms. The van der Waals surface area contributed by atoms with Crippen LogP contribution in [0.1, 0.15) is 18.9 Å². The monoisotopic (exact) mass is 407 g/mol. The summed E-state index contributed by atoms with van der Waals surface area (Å²) in [6.45, 7) is 1.36. The van der Waals surface area contributed by atoms with E-state index in [1.807, 2.05) is 0 Å². The summed E-state index contributed by atoms with van der Waals surface area (Å²) >= 11 is 6.25. The van der Waals surface area contributed by atoms with E-state index in [0.29, 0.717) is 20.7 Å². The first-order valence-corrected chi connectivity index (χ1v) is 9.04. The van der Waals surface area contributed by atoms with Gasteiger partial charge in [-0.05, 0) is 23.8 Å². The lowest BCUT2D eigenvalue weighted by Gasteiger charge is -2.12. The first kappa shape index (κ1) is 20.7. The second-order valence-electron chi connectivity index (χ2n) is 5.36. The van der Waals surface area contributed by atoms with E-state index in [9.17, 15) is 14.4 Å². The van der Waals surface area contributed by atoms with E-state index in [1.165, 1.54) is 18.9 Å². The second-order valence-corrected chi connectivity index (χ2v) is 7.04. The highest BCUT2D eigenvalue weighted by Crippen LogP contribution is 2.31. The minimum absolute atomic E-state index is 0.0515. The molecule has 7 nitrogen and oxygen atoms in total. The highest BCUT2D eigenvalue weighted by Gasteiger charge is 2.31. The molecular weight excluding hydrogens is 390 g/mol. The molecule has 0 aliphatic carbocycles. The van der Waals surface area contributed by atoms with Gasteiger partial charge in [0.1, 0.15) is 4.32 Å². The van der Waals surface area contributed by atoms with Gasteiger partial charge in [-0.15, -0.1) is 0 Å². The highest BCUT2D eigenvalue weighted by atomic mass is 32.2. The van der Waals surface area contributed by atoms with Crippen molar-refractivity contribution in [2.45, 2.75) is 13.3 Å². The molecule has 1 saturated heterocycles. The summed E-state index contributed by atoms with van der Waals surface area (Å²) in [6, 6.07) is 5.05. The smallest absolute Gasteiger partial charge is 0.308 e. The van der Waals surface area contributed by atoms with Crippen LogP contribution in [0.2, 0.25) is 0 Å². The van der Waals surface area contributed by atoms with E-state index in [0.717, 1.165) is 17.3 Å². The van der Waals surface area contributed by atoms with Gasteiger partial charge in [-0.3, -0.25) is 19.3 Å². The molecule has 0 atom stereocenters. The van der Waals surface area contributed by atoms with Gasteiger partial charge in [-0.25, -0.2) is 0 Å². The fourth-order valence-corrected chi connectivity index (χ4v) is 3.45. The number of methoxy groups -OCH3 is 1. The number of carbonyl (C=O) groups excluding carboxylic acids is 2. The zero-order valence-electron chi connectivity index (χ0n) is 14.6. The Morgan fingerprint density at radius 3 is 2.70 bits per heavy atom. The molecule has 0 radical (unpaired) electrons. The third-order valence-corrected chi connectivity index (χ3v) is 4.80. The molecule has 1 heterocycles. The first-order chi connectivity index (χ1) is 12.8. The molecule has 0 saturated carbocycles. The maximum absolute atomic E-state index is 12.3. The fraction of sp³-hybridized carbons (Fsp3) is 0.222. The largest absolute Gasteiger partial charge is 0.493 e. The Balaban J connectivity index is 2.10. The zero-order valence-corrected chi connectivity index (χ0v) is 16.3. The zero-order chi connectivity index (χ0) is 20.0. The van der Waals surface area contributed by atoms with E-state index in [1.54, 1.807) is 36.4 Å². The fourth-order valence-electron chi connectivity index (χ4n) is 2.19. The molecule has 1 N–H and O–H groups in total. The van der Waals surface area contributed by atoms with E-state index < -0.39 is 11.9 Å². The molecule has 1 aliphatic heterocycles. The summed E-state index contributed by atoms with van der Waals surface area (Å²) in [5.74, 6) is -1.01. The Labute approximate surface area is 165 Å². The van der Waals surface area contributed by atoms with E-state index >= 15 is 0 Å². The lowest BCUT2D eigenvalue weighted by atomic mass is 10.2. The van der Waals surface area contributed by atoms with Crippen LogP contribution in [0.5, 0.6) is 11.5 Å². The van der Waals surface area contributed by atoms with Crippen LogP contribution in [0.25, 0.3) is 6.08 Å². The van der Waals surface area contributed by atoms with Crippen LogP contribution in [-0.2, 0) is 14.4 Å². The summed E-state index contributed by atoms with van der Waals surface area (Å²) < 4.78 is 10.6. The van der Waals surface area contributed by atoms with Crippen molar-refractivity contribution in [3.05, 3.63) is 40.8 Å². The number of carboxylic acids is 1. The Morgan fingerprint density at radius 1 is 1.33 bits per heavy atom. The third-order valence-electron chi connectivity index (χ3n) is 3.40. The Hall–Kier alpha value is -2.65. The summed E-state index contributed by atoms with van der Waals surface area (Å²) in [5.41, 5.74) is 0.778. The molecule has 1 aromatic carbocycles. The lowest BCUT2D eigenvalue weighted by molar-refractivity contribution is -0.137. The van der Waals surface area contributed by atoms with Gasteiger partial charge in [0.25, 0.3) is 5.91 Å². The molecule has 1 aliphatic rings. The molecule has 2 rings (SSSR count). The van der Waals surface area contributed by atoms with E-state index in [-0.39, 0.29) is 18.9 Å². The average molecular weight is 407 g/mol. The topological polar surface area (TPSA) is 93.1 Å². The standard InChI is InChI=1S/C18H17NO6S2/c1-11(20)25-13-7-6-12(10-14(13)24-2)4-3-5-15-17(23)19(18(26)27-15)9-8-16(21)22/h3-7,10H,8-9H2,1-2H3,(H,21,22). The molecule has 9 heteroatoms. The molecule has 0 aromatic heterocycles. The first-order valence-electron chi connectivity index (χ1n) is 7.82. The molecule has 1 amide bonds. The number of nitrogens with zero attached hydrogens (tertiary/aromatic N) is 1. The van der Waals surface area contributed by atoms with Crippen LogP contribution in [0.4, 0.5) is 0 Å². The molecule has 0 unspecified atom stereocenters. The number of benzene rings is 1. The predicted octanol–water partition coefficient (Wildman–Crippen LogP) is 2.85. The number of allylic oxidation sites excluding steroid dienone is 2. The number of esters is 1. The number of carbonyl (C=O) groups is 3. The average Bonchev–Trinajstić information content (AvgIpc) is 2.87. The minimum atomic E-state index is -0.987. The van der Waals surface area contributed by atoms with Gasteiger partial charge in [-0.2, -0.15) is 0 Å². The van der Waals surface area contributed by atoms with E-state index in [2.05, 4.69) is 0 Å². The molecular formula is C18H17NO6S2. The van der Waals surface area contributed by atoms with Crippen LogP contribution < -0.4 is 9.47 Å². The number of aliphatic carboxylic acids is 1. The molecule has 0 spiro atoms. The molecule has 142 valence electrons. The second kappa shape index (κ2) is 9.33. The Bertz CT molecular complexity index is 846. The van der Waals surface area contributed by atoms with Crippen molar-refractivity contribution in [1.82, 2.24) is 4.90 Å². The van der Waals surface area contributed by atoms with Crippen LogP contribution in [0.15, 0.2) is 35.3 Å². The van der Waals surface area contributed by atoms with Gasteiger partial charge in [0.15, 0.2) is 11.5 Å². The van der Waals surface area contributed by atoms with Gasteiger partial charge < -0.3 is 14.6 Å². The van der Waals surface area contributed by atoms with Crippen molar-refractivity contribution in [1.29, 1.82) is 0 Å². The van der Waals surface area contributed by atoms with Gasteiger partial charge in [0, 0.05) is 13.5 Å². The van der Waals surface area contributed by atoms with E-state index in [4.69, 9.17) is 26.8 Å². The van der Waals surface area contributed by atoms with Crippen molar-refractivity contribution < 1.29 is 29.0 Å². The van der Waals surface area contributed by atoms with Gasteiger partial charge in [0.2, 0.25) is 0 Å². The SMILES string of the molecule is COc1cc(C=CC=C2SC(=S)N(CCC(=O)O)C2=O)ccc1OC(C)=O. The number of ether oxygens (including phenoxy) is 2. The summed E-state index contributed by atoms with van der Waals surface area (Å²) in [7, 11) is 1.47. The minimum Gasteiger partial charge on any atom is -0.493 e. The van der Waals surface area contributed by atoms with Gasteiger partial charge >= 0.3 is 11.9 Å². The van der Waals surface area contributed by atoms with Gasteiger partial charge in [-0.1, -0.05) is 42.2 Å². The quantitative estimate of drug-likeness (QED) is 0.319. The summed E-state index contributed by atoms with van der Waals surface area (Å²) in [4.78, 5) is 35.7. The summed E-state index contributed by atoms with van der Waals surface area (Å²) in [5, 5.41) is 8.74. The number of thiocarbonyl (C=S) groups is 1. The number of rotatable bonds is 7. The number of hydrogen-bond acceptors (Lipinski definition) is 7. The lowest BCUT2D eigenvalue weighted by Crippen LogP contribution is -2.30. The normalized spacial score (nSPS) is 15.6. The summed E-state index contributed by atoms with van der Waals surface area (Å²) in [6.07, 6.45) is 4.89. The number of thioether (sulfide) groups is 1. The predicted molar refractivity (Wildman–Crippen MR) is 106 cm³/mol. The van der Waals surface area contributed by atoms with Crippen molar-refractivity contribution in [2.75, 3.05) is 13.7 Å². The van der Waals surface area contributed by atoms with Gasteiger partial charge in [0.05, 0.1) is 18.4 Å².